The van der Waals surface area contributed by atoms with Gasteiger partial charge in [-0.15, -0.1) is 0 Å². The van der Waals surface area contributed by atoms with Crippen molar-refractivity contribution in [3.63, 3.8) is 0 Å². The molecule has 0 unspecified atom stereocenters. The Bertz CT molecular complexity index is 847. The van der Waals surface area contributed by atoms with Crippen LogP contribution >= 0.6 is 0 Å². The van der Waals surface area contributed by atoms with Crippen molar-refractivity contribution >= 4 is 23.4 Å². The first-order valence-electron chi connectivity index (χ1n) is 11.2. The largest absolute Gasteiger partial charge is 0.362 e. The molecule has 0 aromatic heterocycles. The minimum absolute atomic E-state index is 0.0198. The van der Waals surface area contributed by atoms with Crippen LogP contribution in [0.3, 0.4) is 0 Å². The van der Waals surface area contributed by atoms with E-state index in [9.17, 15) is 14.4 Å². The highest BCUT2D eigenvalue weighted by Crippen LogP contribution is 2.32. The summed E-state index contributed by atoms with van der Waals surface area (Å²) >= 11 is 0. The average molecular weight is 413 g/mol. The molecule has 4 rings (SSSR count). The number of benzene rings is 1. The molecule has 2 atom stereocenters. The van der Waals surface area contributed by atoms with Gasteiger partial charge in [-0.1, -0.05) is 18.9 Å². The number of nitrogens with zero attached hydrogens (tertiary/aromatic N) is 2. The number of nitrogens with one attached hydrogen (secondary N) is 2. The second kappa shape index (κ2) is 8.28. The van der Waals surface area contributed by atoms with Gasteiger partial charge in [-0.25, -0.2) is 0 Å². The first kappa shape index (κ1) is 20.7. The fourth-order valence-corrected chi connectivity index (χ4v) is 4.91. The Morgan fingerprint density at radius 2 is 1.77 bits per heavy atom. The standard InChI is InChI=1S/C23H32N4O3/c1-16-7-8-18-19(15-16)24-23(25-21(18)29)10-9-20(28)27(14-11-23)17(2)22(30)26-12-5-3-4-6-13-26/h7-8,15,17,24H,3-6,9-14H2,1-2H3,(H,25,29)/t17-,23+/m1/s1. The number of fused-ring (bicyclic) bond motifs is 1. The van der Waals surface area contributed by atoms with Gasteiger partial charge in [-0.3, -0.25) is 14.4 Å². The fourth-order valence-electron chi connectivity index (χ4n) is 4.91. The second-order valence-corrected chi connectivity index (χ2v) is 8.96. The topological polar surface area (TPSA) is 81.8 Å². The van der Waals surface area contributed by atoms with Gasteiger partial charge in [0.2, 0.25) is 11.8 Å². The fraction of sp³-hybridized carbons (Fsp3) is 0.609. The maximum Gasteiger partial charge on any atom is 0.255 e. The Kier molecular flexibility index (Phi) is 5.71. The summed E-state index contributed by atoms with van der Waals surface area (Å²) < 4.78 is 0. The van der Waals surface area contributed by atoms with Crippen LogP contribution in [0.25, 0.3) is 0 Å². The molecule has 7 heteroatoms. The van der Waals surface area contributed by atoms with E-state index in [-0.39, 0.29) is 17.7 Å². The van der Waals surface area contributed by atoms with E-state index in [0.29, 0.717) is 31.4 Å². The molecule has 3 amide bonds. The van der Waals surface area contributed by atoms with E-state index in [1.807, 2.05) is 36.9 Å². The first-order chi connectivity index (χ1) is 14.4. The molecule has 0 saturated carbocycles. The summed E-state index contributed by atoms with van der Waals surface area (Å²) in [6.45, 7) is 5.84. The molecule has 162 valence electrons. The molecule has 3 aliphatic heterocycles. The number of carbonyl (C=O) groups excluding carboxylic acids is 3. The molecule has 2 saturated heterocycles. The molecule has 3 heterocycles. The molecular weight excluding hydrogens is 380 g/mol. The molecule has 2 N–H and O–H groups in total. The normalized spacial score (nSPS) is 25.7. The SMILES string of the molecule is Cc1ccc2c(c1)N[C@@]1(CCC(=O)N([C@H](C)C(=O)N3CCCCCC3)CC1)NC2=O. The minimum atomic E-state index is -0.659. The van der Waals surface area contributed by atoms with Gasteiger partial charge < -0.3 is 20.4 Å². The molecule has 2 fully saturated rings. The van der Waals surface area contributed by atoms with Crippen LogP contribution in [-0.4, -0.2) is 58.9 Å². The van der Waals surface area contributed by atoms with Crippen LogP contribution in [-0.2, 0) is 9.59 Å². The van der Waals surface area contributed by atoms with E-state index in [1.54, 1.807) is 4.90 Å². The van der Waals surface area contributed by atoms with E-state index in [4.69, 9.17) is 0 Å². The van der Waals surface area contributed by atoms with E-state index >= 15 is 0 Å². The number of likely N-dealkylation sites (tertiary alicyclic amines) is 2. The maximum absolute atomic E-state index is 13.1. The van der Waals surface area contributed by atoms with E-state index in [0.717, 1.165) is 50.0 Å². The molecule has 0 aliphatic carbocycles. The van der Waals surface area contributed by atoms with Gasteiger partial charge in [0.15, 0.2) is 0 Å². The van der Waals surface area contributed by atoms with Gasteiger partial charge in [-0.05, 0) is 50.8 Å². The van der Waals surface area contributed by atoms with E-state index in [2.05, 4.69) is 10.6 Å². The summed E-state index contributed by atoms with van der Waals surface area (Å²) in [7, 11) is 0. The number of rotatable bonds is 2. The van der Waals surface area contributed by atoms with Gasteiger partial charge in [0.05, 0.1) is 5.56 Å². The molecule has 0 radical (unpaired) electrons. The molecule has 30 heavy (non-hydrogen) atoms. The van der Waals surface area contributed by atoms with E-state index in [1.165, 1.54) is 0 Å². The summed E-state index contributed by atoms with van der Waals surface area (Å²) in [6, 6.07) is 5.26. The number of anilines is 1. The lowest BCUT2D eigenvalue weighted by Crippen LogP contribution is -2.58. The molecule has 1 aromatic carbocycles. The molecule has 1 spiro atoms. The Morgan fingerprint density at radius 3 is 2.50 bits per heavy atom. The van der Waals surface area contributed by atoms with Crippen molar-refractivity contribution in [2.45, 2.75) is 70.5 Å². The quantitative estimate of drug-likeness (QED) is 0.782. The zero-order chi connectivity index (χ0) is 21.3. The molecular formula is C23H32N4O3. The highest BCUT2D eigenvalue weighted by molar-refractivity contribution is 6.02. The predicted molar refractivity (Wildman–Crippen MR) is 115 cm³/mol. The molecule has 1 aromatic rings. The maximum atomic E-state index is 13.1. The zero-order valence-electron chi connectivity index (χ0n) is 18.0. The van der Waals surface area contributed by atoms with Crippen molar-refractivity contribution in [1.82, 2.24) is 15.1 Å². The smallest absolute Gasteiger partial charge is 0.255 e. The lowest BCUT2D eigenvalue weighted by atomic mass is 9.94. The molecule has 3 aliphatic rings. The highest BCUT2D eigenvalue weighted by Gasteiger charge is 2.42. The first-order valence-corrected chi connectivity index (χ1v) is 11.2. The summed E-state index contributed by atoms with van der Waals surface area (Å²) in [5.74, 6) is -0.0882. The lowest BCUT2D eigenvalue weighted by molar-refractivity contribution is -0.144. The van der Waals surface area contributed by atoms with Crippen LogP contribution in [0.4, 0.5) is 5.69 Å². The Hall–Kier alpha value is -2.57. The number of aryl methyl sites for hydroxylation is 1. The van der Waals surface area contributed by atoms with Crippen LogP contribution in [0.1, 0.15) is 67.8 Å². The number of amides is 3. The third kappa shape index (κ3) is 4.02. The molecule has 0 bridgehead atoms. The van der Waals surface area contributed by atoms with Gasteiger partial charge >= 0.3 is 0 Å². The van der Waals surface area contributed by atoms with Crippen LogP contribution in [0.5, 0.6) is 0 Å². The Balaban J connectivity index is 1.49. The summed E-state index contributed by atoms with van der Waals surface area (Å²) in [5, 5.41) is 6.60. The number of hydrogen-bond donors (Lipinski definition) is 2. The third-order valence-electron chi connectivity index (χ3n) is 6.75. The van der Waals surface area contributed by atoms with Crippen LogP contribution in [0.2, 0.25) is 0 Å². The predicted octanol–water partition coefficient (Wildman–Crippen LogP) is 2.65. The third-order valence-corrected chi connectivity index (χ3v) is 6.75. The van der Waals surface area contributed by atoms with Crippen molar-refractivity contribution in [3.8, 4) is 0 Å². The highest BCUT2D eigenvalue weighted by atomic mass is 16.2. The van der Waals surface area contributed by atoms with Crippen LogP contribution in [0.15, 0.2) is 18.2 Å². The Labute approximate surface area is 178 Å². The number of carbonyl (C=O) groups is 3. The van der Waals surface area contributed by atoms with Crippen molar-refractivity contribution in [3.05, 3.63) is 29.3 Å². The van der Waals surface area contributed by atoms with Gasteiger partial charge in [-0.2, -0.15) is 0 Å². The van der Waals surface area contributed by atoms with Crippen molar-refractivity contribution < 1.29 is 14.4 Å². The minimum Gasteiger partial charge on any atom is -0.362 e. The van der Waals surface area contributed by atoms with Crippen molar-refractivity contribution in [2.24, 2.45) is 0 Å². The summed E-state index contributed by atoms with van der Waals surface area (Å²) in [5.41, 5.74) is 1.86. The second-order valence-electron chi connectivity index (χ2n) is 8.96. The zero-order valence-corrected chi connectivity index (χ0v) is 18.0. The van der Waals surface area contributed by atoms with Crippen molar-refractivity contribution in [1.29, 1.82) is 0 Å². The average Bonchev–Trinajstić information content (AvgIpc) is 3.07. The summed E-state index contributed by atoms with van der Waals surface area (Å²) in [6.07, 6.45) is 5.76. The molecule has 7 nitrogen and oxygen atoms in total. The van der Waals surface area contributed by atoms with Crippen molar-refractivity contribution in [2.75, 3.05) is 25.0 Å². The lowest BCUT2D eigenvalue weighted by Gasteiger charge is -2.40. The van der Waals surface area contributed by atoms with Gasteiger partial charge in [0, 0.05) is 38.2 Å². The Morgan fingerprint density at radius 1 is 1.03 bits per heavy atom. The van der Waals surface area contributed by atoms with Crippen LogP contribution in [0, 0.1) is 6.92 Å². The number of hydrogen-bond acceptors (Lipinski definition) is 4. The van der Waals surface area contributed by atoms with E-state index < -0.39 is 11.7 Å². The van der Waals surface area contributed by atoms with Gasteiger partial charge in [0.1, 0.15) is 11.7 Å². The van der Waals surface area contributed by atoms with Crippen LogP contribution < -0.4 is 10.6 Å². The monoisotopic (exact) mass is 412 g/mol. The summed E-state index contributed by atoms with van der Waals surface area (Å²) in [4.78, 5) is 42.4. The van der Waals surface area contributed by atoms with Gasteiger partial charge in [0.25, 0.3) is 5.91 Å².